The van der Waals surface area contributed by atoms with Crippen LogP contribution in [0.2, 0.25) is 0 Å². The summed E-state index contributed by atoms with van der Waals surface area (Å²) >= 11 is 0. The fraction of sp³-hybridized carbons (Fsp3) is 0.524. The molecule has 29 heavy (non-hydrogen) atoms. The van der Waals surface area contributed by atoms with E-state index in [1.165, 1.54) is 0 Å². The molecule has 0 radical (unpaired) electrons. The lowest BCUT2D eigenvalue weighted by atomic mass is 9.97. The Balaban J connectivity index is 1.32. The molecule has 152 valence electrons. The van der Waals surface area contributed by atoms with Crippen LogP contribution in [0.4, 0.5) is 0 Å². The highest BCUT2D eigenvalue weighted by Gasteiger charge is 2.40. The molecule has 2 fully saturated rings. The highest BCUT2D eigenvalue weighted by atomic mass is 16.2. The Hall–Kier alpha value is -2.74. The second-order valence-corrected chi connectivity index (χ2v) is 8.40. The minimum absolute atomic E-state index is 0.0852. The fourth-order valence-electron chi connectivity index (χ4n) is 4.96. The van der Waals surface area contributed by atoms with Crippen LogP contribution in [0.3, 0.4) is 0 Å². The van der Waals surface area contributed by atoms with Crippen molar-refractivity contribution >= 4 is 23.6 Å². The SMILES string of the molecule is O=C1CCC(N2Cc3cc4c(cc3C2=O)CN(C(=O)C2CCNCC2)C4)C(=O)N1. The third kappa shape index (κ3) is 3.11. The van der Waals surface area contributed by atoms with E-state index in [9.17, 15) is 19.2 Å². The van der Waals surface area contributed by atoms with Crippen LogP contribution in [0.1, 0.15) is 52.7 Å². The smallest absolute Gasteiger partial charge is 0.255 e. The van der Waals surface area contributed by atoms with Crippen molar-refractivity contribution in [3.63, 3.8) is 0 Å². The van der Waals surface area contributed by atoms with Gasteiger partial charge in [-0.3, -0.25) is 24.5 Å². The zero-order chi connectivity index (χ0) is 20.1. The number of hydrogen-bond acceptors (Lipinski definition) is 5. The predicted molar refractivity (Wildman–Crippen MR) is 102 cm³/mol. The Kier molecular flexibility index (Phi) is 4.38. The van der Waals surface area contributed by atoms with E-state index in [2.05, 4.69) is 10.6 Å². The summed E-state index contributed by atoms with van der Waals surface area (Å²) in [5.74, 6) is -0.552. The molecule has 0 spiro atoms. The van der Waals surface area contributed by atoms with E-state index in [1.54, 1.807) is 4.90 Å². The van der Waals surface area contributed by atoms with Crippen LogP contribution in [0, 0.1) is 5.92 Å². The van der Waals surface area contributed by atoms with Gasteiger partial charge in [0.2, 0.25) is 17.7 Å². The van der Waals surface area contributed by atoms with Crippen LogP contribution < -0.4 is 10.6 Å². The number of hydrogen-bond donors (Lipinski definition) is 2. The van der Waals surface area contributed by atoms with Crippen LogP contribution in [0.25, 0.3) is 0 Å². The first kappa shape index (κ1) is 18.3. The van der Waals surface area contributed by atoms with Crippen molar-refractivity contribution in [3.8, 4) is 0 Å². The molecule has 0 aromatic heterocycles. The molecule has 8 heteroatoms. The van der Waals surface area contributed by atoms with Crippen LogP contribution >= 0.6 is 0 Å². The molecule has 1 aromatic carbocycles. The minimum atomic E-state index is -0.597. The van der Waals surface area contributed by atoms with Crippen molar-refractivity contribution < 1.29 is 19.2 Å². The van der Waals surface area contributed by atoms with Crippen LogP contribution in [0.5, 0.6) is 0 Å². The minimum Gasteiger partial charge on any atom is -0.334 e. The summed E-state index contributed by atoms with van der Waals surface area (Å²) < 4.78 is 0. The lowest BCUT2D eigenvalue weighted by molar-refractivity contribution is -0.138. The molecule has 4 aliphatic heterocycles. The molecule has 5 rings (SSSR count). The second-order valence-electron chi connectivity index (χ2n) is 8.40. The van der Waals surface area contributed by atoms with Crippen LogP contribution in [0.15, 0.2) is 12.1 Å². The molecule has 0 aliphatic carbocycles. The monoisotopic (exact) mass is 396 g/mol. The average Bonchev–Trinajstić information content (AvgIpc) is 3.27. The molecule has 0 saturated carbocycles. The van der Waals surface area contributed by atoms with Gasteiger partial charge < -0.3 is 15.1 Å². The van der Waals surface area contributed by atoms with Crippen molar-refractivity contribution in [3.05, 3.63) is 34.4 Å². The molecule has 1 unspecified atom stereocenters. The van der Waals surface area contributed by atoms with Gasteiger partial charge in [-0.05, 0) is 55.1 Å². The largest absolute Gasteiger partial charge is 0.334 e. The third-order valence-electron chi connectivity index (χ3n) is 6.57. The first-order valence-electron chi connectivity index (χ1n) is 10.3. The number of carbonyl (C=O) groups is 4. The first-order chi connectivity index (χ1) is 14.0. The molecule has 8 nitrogen and oxygen atoms in total. The van der Waals surface area contributed by atoms with E-state index in [1.807, 2.05) is 17.0 Å². The number of amides is 4. The highest BCUT2D eigenvalue weighted by molar-refractivity contribution is 6.05. The van der Waals surface area contributed by atoms with Gasteiger partial charge in [-0.1, -0.05) is 6.07 Å². The van der Waals surface area contributed by atoms with E-state index in [0.717, 1.165) is 42.6 Å². The maximum absolute atomic E-state index is 13.0. The quantitative estimate of drug-likeness (QED) is 0.700. The standard InChI is InChI=1S/C21H24N4O4/c26-18-2-1-17(19(27)23-18)25-11-15-7-13-9-24(10-14(13)8-16(15)21(25)29)20(28)12-3-5-22-6-4-12/h7-8,12,17,22H,1-6,9-11H2,(H,23,26,27). The number of benzene rings is 1. The number of nitrogens with one attached hydrogen (secondary N) is 2. The number of fused-ring (bicyclic) bond motifs is 2. The van der Waals surface area contributed by atoms with Crippen molar-refractivity contribution in [2.45, 2.75) is 51.4 Å². The number of carbonyl (C=O) groups excluding carboxylic acids is 4. The first-order valence-corrected chi connectivity index (χ1v) is 10.3. The molecule has 2 N–H and O–H groups in total. The second kappa shape index (κ2) is 6.95. The Morgan fingerprint density at radius 3 is 2.38 bits per heavy atom. The van der Waals surface area contributed by atoms with Crippen molar-refractivity contribution in [1.82, 2.24) is 20.4 Å². The van der Waals surface area contributed by atoms with Gasteiger partial charge in [-0.15, -0.1) is 0 Å². The molecule has 1 atom stereocenters. The summed E-state index contributed by atoms with van der Waals surface area (Å²) in [4.78, 5) is 52.9. The molecular formula is C21H24N4O4. The summed E-state index contributed by atoms with van der Waals surface area (Å²) in [5.41, 5.74) is 3.62. The molecule has 4 aliphatic rings. The average molecular weight is 396 g/mol. The topological polar surface area (TPSA) is 98.8 Å². The molecule has 1 aromatic rings. The van der Waals surface area contributed by atoms with Gasteiger partial charge in [-0.2, -0.15) is 0 Å². The van der Waals surface area contributed by atoms with E-state index in [4.69, 9.17) is 0 Å². The van der Waals surface area contributed by atoms with Crippen LogP contribution in [-0.2, 0) is 34.0 Å². The Bertz CT molecular complexity index is 922. The molecule has 4 heterocycles. The van der Waals surface area contributed by atoms with Gasteiger partial charge in [0.25, 0.3) is 5.91 Å². The third-order valence-corrected chi connectivity index (χ3v) is 6.57. The van der Waals surface area contributed by atoms with Gasteiger partial charge in [0.05, 0.1) is 0 Å². The van der Waals surface area contributed by atoms with Gasteiger partial charge >= 0.3 is 0 Å². The van der Waals surface area contributed by atoms with E-state index in [0.29, 0.717) is 31.6 Å². The van der Waals surface area contributed by atoms with E-state index >= 15 is 0 Å². The fourth-order valence-corrected chi connectivity index (χ4v) is 4.96. The zero-order valence-corrected chi connectivity index (χ0v) is 16.2. The molecule has 0 bridgehead atoms. The van der Waals surface area contributed by atoms with Crippen molar-refractivity contribution in [2.75, 3.05) is 13.1 Å². The molecule has 4 amide bonds. The summed E-state index contributed by atoms with van der Waals surface area (Å²) in [5, 5.41) is 5.62. The summed E-state index contributed by atoms with van der Waals surface area (Å²) in [6.45, 7) is 3.26. The molecular weight excluding hydrogens is 372 g/mol. The Morgan fingerprint density at radius 1 is 0.931 bits per heavy atom. The number of piperidine rings is 2. The van der Waals surface area contributed by atoms with Gasteiger partial charge in [0, 0.05) is 37.5 Å². The summed E-state index contributed by atoms with van der Waals surface area (Å²) in [6, 6.07) is 3.32. The maximum Gasteiger partial charge on any atom is 0.255 e. The lowest BCUT2D eigenvalue weighted by Crippen LogP contribution is -2.52. The molecule has 2 saturated heterocycles. The Morgan fingerprint density at radius 2 is 1.66 bits per heavy atom. The summed E-state index contributed by atoms with van der Waals surface area (Å²) in [6.07, 6.45) is 2.37. The van der Waals surface area contributed by atoms with Crippen molar-refractivity contribution in [1.29, 1.82) is 0 Å². The highest BCUT2D eigenvalue weighted by Crippen LogP contribution is 2.34. The van der Waals surface area contributed by atoms with Crippen molar-refractivity contribution in [2.24, 2.45) is 5.92 Å². The van der Waals surface area contributed by atoms with E-state index in [-0.39, 0.29) is 30.1 Å². The van der Waals surface area contributed by atoms with E-state index < -0.39 is 11.9 Å². The predicted octanol–water partition coefficient (Wildman–Crippen LogP) is 0.289. The number of nitrogens with zero attached hydrogens (tertiary/aromatic N) is 2. The van der Waals surface area contributed by atoms with Gasteiger partial charge in [-0.25, -0.2) is 0 Å². The summed E-state index contributed by atoms with van der Waals surface area (Å²) in [7, 11) is 0. The zero-order valence-electron chi connectivity index (χ0n) is 16.2. The Labute approximate surface area is 168 Å². The maximum atomic E-state index is 13.0. The lowest BCUT2D eigenvalue weighted by Gasteiger charge is -2.29. The normalized spacial score (nSPS) is 24.6. The number of imide groups is 1. The van der Waals surface area contributed by atoms with Gasteiger partial charge in [0.15, 0.2) is 0 Å². The van der Waals surface area contributed by atoms with Crippen LogP contribution in [-0.4, -0.2) is 52.6 Å². The van der Waals surface area contributed by atoms with Gasteiger partial charge in [0.1, 0.15) is 6.04 Å². The number of rotatable bonds is 2.